The smallest absolute Gasteiger partial charge is 0.236 e. The number of aryl methyl sites for hydroxylation is 1. The van der Waals surface area contributed by atoms with E-state index >= 15 is 0 Å². The van der Waals surface area contributed by atoms with Crippen LogP contribution in [-0.4, -0.2) is 32.2 Å². The van der Waals surface area contributed by atoms with E-state index in [-0.39, 0.29) is 12.5 Å². The molecule has 1 N–H and O–H groups in total. The molecule has 120 valence electrons. The van der Waals surface area contributed by atoms with E-state index in [1.54, 1.807) is 0 Å². The monoisotopic (exact) mass is 321 g/mol. The Morgan fingerprint density at radius 1 is 1.33 bits per heavy atom. The molecular weight excluding hydrogens is 306 g/mol. The van der Waals surface area contributed by atoms with E-state index in [9.17, 15) is 0 Å². The fourth-order valence-corrected chi connectivity index (χ4v) is 2.96. The zero-order chi connectivity index (χ0) is 16.4. The first-order valence-electron chi connectivity index (χ1n) is 7.75. The zero-order valence-corrected chi connectivity index (χ0v) is 12.9. The molecule has 1 unspecified atom stereocenters. The maximum absolute atomic E-state index is 5.55. The molecule has 0 spiro atoms. The molecular formula is C17H15N5O2. The molecule has 1 aromatic carbocycles. The van der Waals surface area contributed by atoms with Gasteiger partial charge in [-0.2, -0.15) is 20.4 Å². The van der Waals surface area contributed by atoms with Crippen molar-refractivity contribution in [1.82, 2.24) is 25.6 Å². The maximum atomic E-state index is 5.55. The number of nitrogens with one attached hydrogen (secondary N) is 1. The van der Waals surface area contributed by atoms with Crippen LogP contribution in [0.3, 0.4) is 0 Å². The summed E-state index contributed by atoms with van der Waals surface area (Å²) in [6.45, 7) is 0.187. The minimum atomic E-state index is -0.0208. The van der Waals surface area contributed by atoms with E-state index < -0.39 is 0 Å². The van der Waals surface area contributed by atoms with Gasteiger partial charge in [0.2, 0.25) is 11.7 Å². The Morgan fingerprint density at radius 3 is 3.17 bits per heavy atom. The van der Waals surface area contributed by atoms with Crippen LogP contribution in [0.4, 0.5) is 0 Å². The van der Waals surface area contributed by atoms with E-state index in [0.29, 0.717) is 17.5 Å². The Bertz CT molecular complexity index is 892. The second-order valence-electron chi connectivity index (χ2n) is 5.55. The number of para-hydroxylation sites is 1. The van der Waals surface area contributed by atoms with Gasteiger partial charge in [0.1, 0.15) is 12.4 Å². The SMILES string of the molecule is C#CCOc1ccccc1-c1noc(C2CCCc3n[nH]nc32)n1. The van der Waals surface area contributed by atoms with Crippen molar-refractivity contribution in [2.45, 2.75) is 25.2 Å². The van der Waals surface area contributed by atoms with Crippen LogP contribution >= 0.6 is 0 Å². The van der Waals surface area contributed by atoms with Gasteiger partial charge in [0.15, 0.2) is 0 Å². The van der Waals surface area contributed by atoms with Gasteiger partial charge < -0.3 is 9.26 Å². The van der Waals surface area contributed by atoms with E-state index in [1.165, 1.54) is 0 Å². The molecule has 0 radical (unpaired) electrons. The lowest BCUT2D eigenvalue weighted by atomic mass is 9.90. The van der Waals surface area contributed by atoms with Crippen LogP contribution in [0.25, 0.3) is 11.4 Å². The molecule has 1 aliphatic rings. The molecule has 2 aromatic heterocycles. The quantitative estimate of drug-likeness (QED) is 0.742. The number of fused-ring (bicyclic) bond motifs is 1. The van der Waals surface area contributed by atoms with Crippen molar-refractivity contribution in [1.29, 1.82) is 0 Å². The van der Waals surface area contributed by atoms with Gasteiger partial charge in [-0.25, -0.2) is 0 Å². The lowest BCUT2D eigenvalue weighted by Crippen LogP contribution is -2.11. The van der Waals surface area contributed by atoms with Gasteiger partial charge in [0.25, 0.3) is 0 Å². The lowest BCUT2D eigenvalue weighted by Gasteiger charge is -2.15. The lowest BCUT2D eigenvalue weighted by molar-refractivity contribution is 0.351. The van der Waals surface area contributed by atoms with Gasteiger partial charge in [0, 0.05) is 0 Å². The first-order valence-corrected chi connectivity index (χ1v) is 7.75. The molecule has 2 heterocycles. The van der Waals surface area contributed by atoms with Crippen molar-refractivity contribution in [2.24, 2.45) is 0 Å². The number of aromatic nitrogens is 5. The van der Waals surface area contributed by atoms with E-state index in [1.807, 2.05) is 24.3 Å². The molecule has 3 aromatic rings. The largest absolute Gasteiger partial charge is 0.480 e. The molecule has 7 heteroatoms. The van der Waals surface area contributed by atoms with Crippen molar-refractivity contribution in [2.75, 3.05) is 6.61 Å². The predicted molar refractivity (Wildman–Crippen MR) is 85.2 cm³/mol. The average Bonchev–Trinajstić information content (AvgIpc) is 3.29. The fraction of sp³-hybridized carbons (Fsp3) is 0.294. The van der Waals surface area contributed by atoms with Crippen LogP contribution in [0.5, 0.6) is 5.75 Å². The first-order chi connectivity index (χ1) is 11.9. The van der Waals surface area contributed by atoms with Crippen LogP contribution in [0, 0.1) is 12.3 Å². The third-order valence-corrected chi connectivity index (χ3v) is 4.07. The standard InChI is InChI=1S/C17H15N5O2/c1-2-10-23-14-9-4-3-6-11(14)16-18-17(24-21-16)12-7-5-8-13-15(12)20-22-19-13/h1,3-4,6,9,12H,5,7-8,10H2,(H,19,20,22). The molecule has 0 amide bonds. The number of ether oxygens (including phenoxy) is 1. The van der Waals surface area contributed by atoms with Crippen LogP contribution < -0.4 is 4.74 Å². The highest BCUT2D eigenvalue weighted by molar-refractivity contribution is 5.63. The fourth-order valence-electron chi connectivity index (χ4n) is 2.96. The van der Waals surface area contributed by atoms with Crippen LogP contribution in [0.15, 0.2) is 28.8 Å². The van der Waals surface area contributed by atoms with Gasteiger partial charge in [-0.15, -0.1) is 6.42 Å². The average molecular weight is 321 g/mol. The number of hydrogen-bond donors (Lipinski definition) is 1. The third kappa shape index (κ3) is 2.52. The van der Waals surface area contributed by atoms with Gasteiger partial charge in [0.05, 0.1) is 22.9 Å². The van der Waals surface area contributed by atoms with Gasteiger partial charge in [-0.3, -0.25) is 0 Å². The Kier molecular flexibility index (Phi) is 3.71. The minimum Gasteiger partial charge on any atom is -0.480 e. The number of H-pyrrole nitrogens is 1. The highest BCUT2D eigenvalue weighted by Gasteiger charge is 2.30. The van der Waals surface area contributed by atoms with Crippen LogP contribution in [-0.2, 0) is 6.42 Å². The number of nitrogens with zero attached hydrogens (tertiary/aromatic N) is 4. The molecule has 0 bridgehead atoms. The summed E-state index contributed by atoms with van der Waals surface area (Å²) in [7, 11) is 0. The number of benzene rings is 1. The molecule has 24 heavy (non-hydrogen) atoms. The summed E-state index contributed by atoms with van der Waals surface area (Å²) in [6, 6.07) is 7.48. The van der Waals surface area contributed by atoms with Crippen molar-refractivity contribution >= 4 is 0 Å². The highest BCUT2D eigenvalue weighted by atomic mass is 16.5. The first kappa shape index (κ1) is 14.5. The summed E-state index contributed by atoms with van der Waals surface area (Å²) >= 11 is 0. The Morgan fingerprint density at radius 2 is 2.25 bits per heavy atom. The number of aromatic amines is 1. The predicted octanol–water partition coefficient (Wildman–Crippen LogP) is 2.33. The number of hydrogen-bond acceptors (Lipinski definition) is 6. The molecule has 0 saturated carbocycles. The topological polar surface area (TPSA) is 89.7 Å². The molecule has 1 aliphatic carbocycles. The molecule has 0 aliphatic heterocycles. The summed E-state index contributed by atoms with van der Waals surface area (Å²) in [4.78, 5) is 4.56. The Hall–Kier alpha value is -3.14. The Labute approximate surface area is 138 Å². The molecule has 0 saturated heterocycles. The minimum absolute atomic E-state index is 0.0208. The second-order valence-corrected chi connectivity index (χ2v) is 5.55. The van der Waals surface area contributed by atoms with Gasteiger partial charge in [-0.05, 0) is 31.4 Å². The van der Waals surface area contributed by atoms with Crippen molar-refractivity contribution in [3.05, 3.63) is 41.5 Å². The van der Waals surface area contributed by atoms with E-state index in [4.69, 9.17) is 15.7 Å². The van der Waals surface area contributed by atoms with Crippen LogP contribution in [0.2, 0.25) is 0 Å². The van der Waals surface area contributed by atoms with Crippen molar-refractivity contribution < 1.29 is 9.26 Å². The zero-order valence-electron chi connectivity index (χ0n) is 12.9. The van der Waals surface area contributed by atoms with E-state index in [2.05, 4.69) is 31.5 Å². The summed E-state index contributed by atoms with van der Waals surface area (Å²) in [5, 5.41) is 15.2. The Balaban J connectivity index is 1.67. The molecule has 4 rings (SSSR count). The summed E-state index contributed by atoms with van der Waals surface area (Å²) in [5.41, 5.74) is 2.62. The third-order valence-electron chi connectivity index (χ3n) is 4.07. The number of rotatable bonds is 4. The highest BCUT2D eigenvalue weighted by Crippen LogP contribution is 2.35. The van der Waals surface area contributed by atoms with E-state index in [0.717, 1.165) is 36.2 Å². The normalized spacial score (nSPS) is 16.4. The second kappa shape index (κ2) is 6.16. The molecule has 7 nitrogen and oxygen atoms in total. The maximum Gasteiger partial charge on any atom is 0.236 e. The van der Waals surface area contributed by atoms with Gasteiger partial charge in [-0.1, -0.05) is 23.2 Å². The summed E-state index contributed by atoms with van der Waals surface area (Å²) < 4.78 is 11.1. The van der Waals surface area contributed by atoms with Gasteiger partial charge >= 0.3 is 0 Å². The number of terminal acetylenes is 1. The van der Waals surface area contributed by atoms with Crippen molar-refractivity contribution in [3.63, 3.8) is 0 Å². The van der Waals surface area contributed by atoms with Crippen LogP contribution in [0.1, 0.15) is 36.0 Å². The summed E-state index contributed by atoms with van der Waals surface area (Å²) in [5.74, 6) is 4.09. The molecule has 0 fully saturated rings. The summed E-state index contributed by atoms with van der Waals surface area (Å²) in [6.07, 6.45) is 8.11. The molecule has 1 atom stereocenters. The van der Waals surface area contributed by atoms with Crippen molar-refractivity contribution in [3.8, 4) is 29.5 Å².